The fourth-order valence-electron chi connectivity index (χ4n) is 3.39. The van der Waals surface area contributed by atoms with Crippen LogP contribution < -0.4 is 10.1 Å². The Morgan fingerprint density at radius 3 is 2.67 bits per heavy atom. The quantitative estimate of drug-likeness (QED) is 0.347. The van der Waals surface area contributed by atoms with Crippen LogP contribution in [0.4, 0.5) is 4.39 Å². The maximum absolute atomic E-state index is 13.3. The molecule has 0 saturated carbocycles. The summed E-state index contributed by atoms with van der Waals surface area (Å²) in [5, 5.41) is 13.4. The Labute approximate surface area is 194 Å². The molecular weight excluding hydrogens is 500 g/mol. The van der Waals surface area contributed by atoms with Gasteiger partial charge in [-0.2, -0.15) is 0 Å². The molecule has 0 radical (unpaired) electrons. The number of guanidine groups is 1. The van der Waals surface area contributed by atoms with Crippen molar-refractivity contribution in [3.05, 3.63) is 59.4 Å². The predicted octanol–water partition coefficient (Wildman–Crippen LogP) is 4.09. The molecule has 0 bridgehead atoms. The molecule has 1 aliphatic rings. The molecule has 1 fully saturated rings. The third-order valence-corrected chi connectivity index (χ3v) is 4.82. The SMILES string of the molecule is CCNC(=NCc1cc(OC)ccc1O)N1CC(C)OC(c2ccc(F)cc2)C1.I. The van der Waals surface area contributed by atoms with Crippen LogP contribution in [0.25, 0.3) is 0 Å². The van der Waals surface area contributed by atoms with Crippen LogP contribution in [0.1, 0.15) is 31.1 Å². The van der Waals surface area contributed by atoms with Gasteiger partial charge in [0.2, 0.25) is 0 Å². The number of aromatic hydroxyl groups is 1. The molecule has 1 saturated heterocycles. The highest BCUT2D eigenvalue weighted by Crippen LogP contribution is 2.26. The lowest BCUT2D eigenvalue weighted by Crippen LogP contribution is -2.50. The molecule has 2 aromatic rings. The number of phenolic OH excluding ortho intramolecular Hbond substituents is 1. The van der Waals surface area contributed by atoms with Crippen LogP contribution in [0.15, 0.2) is 47.5 Å². The number of morpholine rings is 1. The van der Waals surface area contributed by atoms with E-state index in [0.29, 0.717) is 30.9 Å². The Bertz CT molecular complexity index is 848. The minimum absolute atomic E-state index is 0. The minimum atomic E-state index is -0.262. The van der Waals surface area contributed by atoms with Crippen molar-refractivity contribution < 1.29 is 19.0 Å². The molecule has 6 nitrogen and oxygen atoms in total. The average Bonchev–Trinajstić information content (AvgIpc) is 2.72. The fraction of sp³-hybridized carbons (Fsp3) is 0.409. The van der Waals surface area contributed by atoms with Crippen molar-refractivity contribution in [3.8, 4) is 11.5 Å². The van der Waals surface area contributed by atoms with Gasteiger partial charge >= 0.3 is 0 Å². The summed E-state index contributed by atoms with van der Waals surface area (Å²) < 4.78 is 24.6. The third-order valence-electron chi connectivity index (χ3n) is 4.82. The van der Waals surface area contributed by atoms with Crippen molar-refractivity contribution in [2.45, 2.75) is 32.6 Å². The predicted molar refractivity (Wildman–Crippen MR) is 126 cm³/mol. The molecule has 3 rings (SSSR count). The number of rotatable bonds is 5. The molecule has 164 valence electrons. The van der Waals surface area contributed by atoms with Gasteiger partial charge in [0.05, 0.1) is 26.3 Å². The van der Waals surface area contributed by atoms with Gasteiger partial charge < -0.3 is 24.8 Å². The molecule has 8 heteroatoms. The number of hydrogen-bond acceptors (Lipinski definition) is 4. The van der Waals surface area contributed by atoms with E-state index >= 15 is 0 Å². The number of aliphatic imine (C=N–C) groups is 1. The second-order valence-corrected chi connectivity index (χ2v) is 7.06. The first-order chi connectivity index (χ1) is 14.0. The second kappa shape index (κ2) is 11.4. The van der Waals surface area contributed by atoms with Gasteiger partial charge in [0.1, 0.15) is 23.4 Å². The molecule has 2 aromatic carbocycles. The van der Waals surface area contributed by atoms with E-state index < -0.39 is 0 Å². The van der Waals surface area contributed by atoms with E-state index in [-0.39, 0.29) is 47.8 Å². The molecule has 2 unspecified atom stereocenters. The number of halogens is 2. The van der Waals surface area contributed by atoms with E-state index in [9.17, 15) is 9.50 Å². The number of methoxy groups -OCH3 is 1. The molecule has 2 N–H and O–H groups in total. The van der Waals surface area contributed by atoms with E-state index in [0.717, 1.165) is 18.1 Å². The number of nitrogens with one attached hydrogen (secondary N) is 1. The van der Waals surface area contributed by atoms with Gasteiger partial charge in [-0.1, -0.05) is 12.1 Å². The molecule has 1 aliphatic heterocycles. The molecule has 1 heterocycles. The Balaban J connectivity index is 0.00000320. The summed E-state index contributed by atoms with van der Waals surface area (Å²) in [6.45, 7) is 6.35. The summed E-state index contributed by atoms with van der Waals surface area (Å²) in [6, 6.07) is 11.5. The normalized spacial score (nSPS) is 19.2. The molecule has 0 aliphatic carbocycles. The average molecular weight is 529 g/mol. The molecule has 0 aromatic heterocycles. The topological polar surface area (TPSA) is 66.3 Å². The molecule has 30 heavy (non-hydrogen) atoms. The zero-order chi connectivity index (χ0) is 20.8. The number of benzene rings is 2. The minimum Gasteiger partial charge on any atom is -0.508 e. The number of hydrogen-bond donors (Lipinski definition) is 2. The van der Waals surface area contributed by atoms with Crippen LogP contribution in [0.3, 0.4) is 0 Å². The van der Waals surface area contributed by atoms with Crippen LogP contribution in [-0.4, -0.2) is 48.8 Å². The van der Waals surface area contributed by atoms with Crippen LogP contribution in [0.5, 0.6) is 11.5 Å². The van der Waals surface area contributed by atoms with Crippen molar-refractivity contribution >= 4 is 29.9 Å². The van der Waals surface area contributed by atoms with E-state index in [1.807, 2.05) is 13.8 Å². The van der Waals surface area contributed by atoms with Gasteiger partial charge in [-0.15, -0.1) is 24.0 Å². The summed E-state index contributed by atoms with van der Waals surface area (Å²) >= 11 is 0. The van der Waals surface area contributed by atoms with E-state index in [1.54, 1.807) is 37.4 Å². The fourth-order valence-corrected chi connectivity index (χ4v) is 3.39. The summed E-state index contributed by atoms with van der Waals surface area (Å²) in [5.41, 5.74) is 1.63. The summed E-state index contributed by atoms with van der Waals surface area (Å²) in [5.74, 6) is 1.35. The van der Waals surface area contributed by atoms with Gasteiger partial charge in [-0.3, -0.25) is 0 Å². The molecular formula is C22H29FIN3O3. The number of phenols is 1. The maximum Gasteiger partial charge on any atom is 0.194 e. The smallest absolute Gasteiger partial charge is 0.194 e. The molecule has 0 spiro atoms. The van der Waals surface area contributed by atoms with Crippen molar-refractivity contribution in [2.24, 2.45) is 4.99 Å². The highest BCUT2D eigenvalue weighted by Gasteiger charge is 2.28. The maximum atomic E-state index is 13.3. The first kappa shape index (κ1) is 24.2. The van der Waals surface area contributed by atoms with Gasteiger partial charge in [0.25, 0.3) is 0 Å². The van der Waals surface area contributed by atoms with Crippen LogP contribution in [-0.2, 0) is 11.3 Å². The molecule has 0 amide bonds. The highest BCUT2D eigenvalue weighted by atomic mass is 127. The van der Waals surface area contributed by atoms with Gasteiger partial charge in [-0.05, 0) is 49.7 Å². The Morgan fingerprint density at radius 1 is 1.27 bits per heavy atom. The summed E-state index contributed by atoms with van der Waals surface area (Å²) in [6.07, 6.45) is -0.179. The lowest BCUT2D eigenvalue weighted by Gasteiger charge is -2.38. The van der Waals surface area contributed by atoms with E-state index in [2.05, 4.69) is 10.2 Å². The summed E-state index contributed by atoms with van der Waals surface area (Å²) in [7, 11) is 1.59. The molecule has 2 atom stereocenters. The second-order valence-electron chi connectivity index (χ2n) is 7.06. The number of nitrogens with zero attached hydrogens (tertiary/aromatic N) is 2. The Hall–Kier alpha value is -2.07. The first-order valence-corrected chi connectivity index (χ1v) is 9.80. The standard InChI is InChI=1S/C22H28FN3O3.HI/c1-4-24-22(25-12-17-11-19(28-3)9-10-20(17)27)26-13-15(2)29-21(14-26)16-5-7-18(23)8-6-16;/h5-11,15,21,27H,4,12-14H2,1-3H3,(H,24,25);1H. The zero-order valence-corrected chi connectivity index (χ0v) is 19.8. The van der Waals surface area contributed by atoms with Crippen molar-refractivity contribution in [2.75, 3.05) is 26.7 Å². The lowest BCUT2D eigenvalue weighted by atomic mass is 10.1. The van der Waals surface area contributed by atoms with Crippen molar-refractivity contribution in [1.82, 2.24) is 10.2 Å². The first-order valence-electron chi connectivity index (χ1n) is 9.80. The lowest BCUT2D eigenvalue weighted by molar-refractivity contribution is -0.0605. The van der Waals surface area contributed by atoms with Crippen LogP contribution in [0.2, 0.25) is 0 Å². The van der Waals surface area contributed by atoms with Crippen molar-refractivity contribution in [3.63, 3.8) is 0 Å². The Kier molecular flexibility index (Phi) is 9.16. The zero-order valence-electron chi connectivity index (χ0n) is 17.5. The van der Waals surface area contributed by atoms with Gasteiger partial charge in [0, 0.05) is 18.7 Å². The van der Waals surface area contributed by atoms with Gasteiger partial charge in [-0.25, -0.2) is 9.38 Å². The largest absolute Gasteiger partial charge is 0.508 e. The monoisotopic (exact) mass is 529 g/mol. The Morgan fingerprint density at radius 2 is 2.00 bits per heavy atom. The van der Waals surface area contributed by atoms with Crippen LogP contribution in [0, 0.1) is 5.82 Å². The summed E-state index contributed by atoms with van der Waals surface area (Å²) in [4.78, 5) is 6.86. The third kappa shape index (κ3) is 6.21. The highest BCUT2D eigenvalue weighted by molar-refractivity contribution is 14.0. The van der Waals surface area contributed by atoms with E-state index in [1.165, 1.54) is 12.1 Å². The van der Waals surface area contributed by atoms with Crippen molar-refractivity contribution in [1.29, 1.82) is 0 Å². The van der Waals surface area contributed by atoms with Crippen LogP contribution >= 0.6 is 24.0 Å². The van der Waals surface area contributed by atoms with Gasteiger partial charge in [0.15, 0.2) is 5.96 Å². The van der Waals surface area contributed by atoms with E-state index in [4.69, 9.17) is 14.5 Å². The number of ether oxygens (including phenoxy) is 2.